The van der Waals surface area contributed by atoms with Gasteiger partial charge in [0.05, 0.1) is 10.6 Å². The highest BCUT2D eigenvalue weighted by Gasteiger charge is 2.17. The van der Waals surface area contributed by atoms with Gasteiger partial charge in [0.2, 0.25) is 0 Å². The minimum absolute atomic E-state index is 0.0551. The number of nitrogens with zero attached hydrogens (tertiary/aromatic N) is 4. The molecule has 0 unspecified atom stereocenters. The second-order valence-electron chi connectivity index (χ2n) is 5.00. The van der Waals surface area contributed by atoms with E-state index in [0.717, 1.165) is 11.1 Å². The maximum atomic E-state index is 11.3. The van der Waals surface area contributed by atoms with E-state index in [1.165, 1.54) is 16.8 Å². The Morgan fingerprint density at radius 2 is 1.91 bits per heavy atom. The standard InChI is InChI=1S/C16H12N4O3/c1-11-5-7-12(8-6-11)16-15(10-21)17-18-19(16)13-3-2-4-14(9-13)20(22)23/h2-10H,1H3. The van der Waals surface area contributed by atoms with Crippen molar-refractivity contribution in [3.8, 4) is 16.9 Å². The van der Waals surface area contributed by atoms with Crippen LogP contribution >= 0.6 is 0 Å². The molecule has 114 valence electrons. The van der Waals surface area contributed by atoms with Gasteiger partial charge in [-0.3, -0.25) is 14.9 Å². The van der Waals surface area contributed by atoms with Gasteiger partial charge in [-0.2, -0.15) is 0 Å². The predicted molar refractivity (Wildman–Crippen MR) is 83.6 cm³/mol. The summed E-state index contributed by atoms with van der Waals surface area (Å²) in [6.45, 7) is 1.96. The van der Waals surface area contributed by atoms with Crippen LogP contribution in [0.2, 0.25) is 0 Å². The van der Waals surface area contributed by atoms with Crippen molar-refractivity contribution < 1.29 is 9.72 Å². The molecule has 0 spiro atoms. The van der Waals surface area contributed by atoms with Crippen LogP contribution in [0.1, 0.15) is 16.1 Å². The first kappa shape index (κ1) is 14.6. The highest BCUT2D eigenvalue weighted by molar-refractivity contribution is 5.84. The van der Waals surface area contributed by atoms with Crippen LogP contribution in [-0.2, 0) is 0 Å². The first-order valence-electron chi connectivity index (χ1n) is 6.83. The van der Waals surface area contributed by atoms with E-state index in [1.54, 1.807) is 12.1 Å². The molecule has 2 aromatic carbocycles. The Bertz CT molecular complexity index is 885. The molecule has 7 nitrogen and oxygen atoms in total. The minimum atomic E-state index is -0.480. The molecule has 0 saturated heterocycles. The lowest BCUT2D eigenvalue weighted by Crippen LogP contribution is -2.01. The first-order chi connectivity index (χ1) is 11.1. The van der Waals surface area contributed by atoms with Crippen LogP contribution in [0.5, 0.6) is 0 Å². The summed E-state index contributed by atoms with van der Waals surface area (Å²) in [7, 11) is 0. The van der Waals surface area contributed by atoms with Crippen LogP contribution in [-0.4, -0.2) is 26.2 Å². The van der Waals surface area contributed by atoms with Gasteiger partial charge in [0.1, 0.15) is 5.69 Å². The van der Waals surface area contributed by atoms with Crippen molar-refractivity contribution >= 4 is 12.0 Å². The quantitative estimate of drug-likeness (QED) is 0.420. The molecule has 0 amide bonds. The Morgan fingerprint density at radius 3 is 2.57 bits per heavy atom. The minimum Gasteiger partial charge on any atom is -0.296 e. The molecule has 1 heterocycles. The summed E-state index contributed by atoms with van der Waals surface area (Å²) in [4.78, 5) is 21.7. The van der Waals surface area contributed by atoms with Gasteiger partial charge >= 0.3 is 0 Å². The van der Waals surface area contributed by atoms with E-state index in [0.29, 0.717) is 17.7 Å². The Kier molecular flexibility index (Phi) is 3.68. The SMILES string of the molecule is Cc1ccc(-c2c(C=O)nnn2-c2cccc([N+](=O)[O-])c2)cc1. The van der Waals surface area contributed by atoms with Crippen molar-refractivity contribution in [3.05, 3.63) is 69.9 Å². The number of aldehydes is 1. The second kappa shape index (κ2) is 5.80. The lowest BCUT2D eigenvalue weighted by molar-refractivity contribution is -0.384. The number of rotatable bonds is 4. The van der Waals surface area contributed by atoms with Crippen LogP contribution in [0.3, 0.4) is 0 Å². The largest absolute Gasteiger partial charge is 0.296 e. The molecule has 0 aliphatic heterocycles. The molecule has 23 heavy (non-hydrogen) atoms. The van der Waals surface area contributed by atoms with Gasteiger partial charge in [-0.05, 0) is 13.0 Å². The van der Waals surface area contributed by atoms with E-state index in [-0.39, 0.29) is 11.4 Å². The Hall–Kier alpha value is -3.35. The molecule has 3 aromatic rings. The maximum Gasteiger partial charge on any atom is 0.271 e. The van der Waals surface area contributed by atoms with Crippen molar-refractivity contribution in [2.24, 2.45) is 0 Å². The summed E-state index contributed by atoms with van der Waals surface area (Å²) >= 11 is 0. The van der Waals surface area contributed by atoms with E-state index >= 15 is 0 Å². The number of carbonyl (C=O) groups is 1. The summed E-state index contributed by atoms with van der Waals surface area (Å²) < 4.78 is 1.43. The first-order valence-corrected chi connectivity index (χ1v) is 6.83. The van der Waals surface area contributed by atoms with Crippen molar-refractivity contribution in [1.29, 1.82) is 0 Å². The lowest BCUT2D eigenvalue weighted by atomic mass is 10.1. The Labute approximate surface area is 131 Å². The summed E-state index contributed by atoms with van der Waals surface area (Å²) in [5.74, 6) is 0. The number of aryl methyl sites for hydroxylation is 1. The molecule has 0 atom stereocenters. The molecular formula is C16H12N4O3. The van der Waals surface area contributed by atoms with Crippen LogP contribution < -0.4 is 0 Å². The van der Waals surface area contributed by atoms with Gasteiger partial charge < -0.3 is 0 Å². The summed E-state index contributed by atoms with van der Waals surface area (Å²) in [6.07, 6.45) is 0.621. The fourth-order valence-electron chi connectivity index (χ4n) is 2.27. The smallest absolute Gasteiger partial charge is 0.271 e. The lowest BCUT2D eigenvalue weighted by Gasteiger charge is -2.07. The van der Waals surface area contributed by atoms with E-state index in [1.807, 2.05) is 31.2 Å². The maximum absolute atomic E-state index is 11.3. The van der Waals surface area contributed by atoms with E-state index in [2.05, 4.69) is 10.3 Å². The van der Waals surface area contributed by atoms with Gasteiger partial charge in [-0.1, -0.05) is 41.1 Å². The van der Waals surface area contributed by atoms with Gasteiger partial charge in [-0.15, -0.1) is 5.10 Å². The molecule has 0 N–H and O–H groups in total. The zero-order chi connectivity index (χ0) is 16.4. The highest BCUT2D eigenvalue weighted by atomic mass is 16.6. The number of hydrogen-bond acceptors (Lipinski definition) is 5. The third-order valence-electron chi connectivity index (χ3n) is 3.42. The van der Waals surface area contributed by atoms with Crippen LogP contribution in [0, 0.1) is 17.0 Å². The molecule has 7 heteroatoms. The van der Waals surface area contributed by atoms with Gasteiger partial charge in [0, 0.05) is 17.7 Å². The second-order valence-corrected chi connectivity index (χ2v) is 5.00. The van der Waals surface area contributed by atoms with Crippen molar-refractivity contribution in [2.45, 2.75) is 6.92 Å². The number of aromatic nitrogens is 3. The number of nitro benzene ring substituents is 1. The monoisotopic (exact) mass is 308 g/mol. The fraction of sp³-hybridized carbons (Fsp3) is 0.0625. The molecule has 3 rings (SSSR count). The van der Waals surface area contributed by atoms with Gasteiger partial charge in [0.25, 0.3) is 5.69 Å². The predicted octanol–water partition coefficient (Wildman–Crippen LogP) is 2.96. The zero-order valence-electron chi connectivity index (χ0n) is 12.2. The number of non-ortho nitro benzene ring substituents is 1. The third-order valence-corrected chi connectivity index (χ3v) is 3.42. The van der Waals surface area contributed by atoms with E-state index in [9.17, 15) is 14.9 Å². The summed E-state index contributed by atoms with van der Waals surface area (Å²) in [5, 5.41) is 18.8. The van der Waals surface area contributed by atoms with E-state index in [4.69, 9.17) is 0 Å². The molecule has 0 fully saturated rings. The van der Waals surface area contributed by atoms with Crippen LogP contribution in [0.15, 0.2) is 48.5 Å². The normalized spacial score (nSPS) is 10.5. The average molecular weight is 308 g/mol. The molecule has 0 bridgehead atoms. The number of nitro groups is 1. The molecule has 0 saturated carbocycles. The molecule has 0 radical (unpaired) electrons. The molecule has 0 aliphatic rings. The molecular weight excluding hydrogens is 296 g/mol. The van der Waals surface area contributed by atoms with Gasteiger partial charge in [-0.25, -0.2) is 4.68 Å². The van der Waals surface area contributed by atoms with Crippen LogP contribution in [0.25, 0.3) is 16.9 Å². The van der Waals surface area contributed by atoms with Crippen molar-refractivity contribution in [3.63, 3.8) is 0 Å². The fourth-order valence-corrected chi connectivity index (χ4v) is 2.27. The number of hydrogen-bond donors (Lipinski definition) is 0. The number of carbonyl (C=O) groups excluding carboxylic acids is 1. The van der Waals surface area contributed by atoms with Crippen LogP contribution in [0.4, 0.5) is 5.69 Å². The average Bonchev–Trinajstić information content (AvgIpc) is 2.99. The topological polar surface area (TPSA) is 90.9 Å². The van der Waals surface area contributed by atoms with Crippen molar-refractivity contribution in [1.82, 2.24) is 15.0 Å². The summed E-state index contributed by atoms with van der Waals surface area (Å²) in [5.41, 5.74) is 2.93. The van der Waals surface area contributed by atoms with Crippen molar-refractivity contribution in [2.75, 3.05) is 0 Å². The summed E-state index contributed by atoms with van der Waals surface area (Å²) in [6, 6.07) is 13.6. The van der Waals surface area contributed by atoms with E-state index < -0.39 is 4.92 Å². The number of benzene rings is 2. The zero-order valence-corrected chi connectivity index (χ0v) is 12.2. The Balaban J connectivity index is 2.19. The molecule has 0 aliphatic carbocycles. The van der Waals surface area contributed by atoms with Gasteiger partial charge in [0.15, 0.2) is 12.0 Å². The Morgan fingerprint density at radius 1 is 1.17 bits per heavy atom. The highest BCUT2D eigenvalue weighted by Crippen LogP contribution is 2.26. The third kappa shape index (κ3) is 2.71. The molecule has 1 aromatic heterocycles.